The molecular weight excluding hydrogens is 228 g/mol. The Morgan fingerprint density at radius 3 is 2.00 bits per heavy atom. The highest BCUT2D eigenvalue weighted by molar-refractivity contribution is 4.69. The molecule has 0 amide bonds. The fourth-order valence-electron chi connectivity index (χ4n) is 1.39. The molecule has 0 aromatic carbocycles. The molecule has 0 saturated carbocycles. The number of hydrogen-bond acceptors (Lipinski definition) is 4. The Bertz CT molecular complexity index is 170. The molecule has 0 aliphatic heterocycles. The summed E-state index contributed by atoms with van der Waals surface area (Å²) in [5.74, 6) is 0. The molecular formula is C14H32N2O2. The maximum atomic E-state index is 5.47. The van der Waals surface area contributed by atoms with Crippen LogP contribution in [-0.2, 0) is 9.47 Å². The van der Waals surface area contributed by atoms with Crippen LogP contribution in [0.25, 0.3) is 0 Å². The molecule has 0 spiro atoms. The van der Waals surface area contributed by atoms with Crippen LogP contribution in [0, 0.1) is 0 Å². The first-order valence-corrected chi connectivity index (χ1v) is 7.17. The van der Waals surface area contributed by atoms with Crippen LogP contribution in [0.3, 0.4) is 0 Å². The Morgan fingerprint density at radius 2 is 1.44 bits per heavy atom. The summed E-state index contributed by atoms with van der Waals surface area (Å²) in [5, 5.41) is 6.72. The van der Waals surface area contributed by atoms with Crippen molar-refractivity contribution in [1.29, 1.82) is 0 Å². The lowest BCUT2D eigenvalue weighted by Crippen LogP contribution is -2.38. The highest BCUT2D eigenvalue weighted by atomic mass is 16.5. The van der Waals surface area contributed by atoms with Gasteiger partial charge in [0.1, 0.15) is 0 Å². The second kappa shape index (κ2) is 11.9. The van der Waals surface area contributed by atoms with E-state index in [1.165, 1.54) is 12.8 Å². The Morgan fingerprint density at radius 1 is 0.833 bits per heavy atom. The van der Waals surface area contributed by atoms with Crippen molar-refractivity contribution in [3.63, 3.8) is 0 Å². The van der Waals surface area contributed by atoms with E-state index in [1.807, 2.05) is 0 Å². The van der Waals surface area contributed by atoms with Gasteiger partial charge in [0.2, 0.25) is 0 Å². The van der Waals surface area contributed by atoms with Crippen molar-refractivity contribution in [3.05, 3.63) is 0 Å². The van der Waals surface area contributed by atoms with Gasteiger partial charge >= 0.3 is 0 Å². The van der Waals surface area contributed by atoms with Gasteiger partial charge in [0.15, 0.2) is 0 Å². The highest BCUT2D eigenvalue weighted by Crippen LogP contribution is 1.96. The van der Waals surface area contributed by atoms with Gasteiger partial charge in [-0.05, 0) is 33.7 Å². The average Bonchev–Trinajstić information content (AvgIpc) is 2.29. The third kappa shape index (κ3) is 15.8. The predicted octanol–water partition coefficient (Wildman–Crippen LogP) is 1.80. The van der Waals surface area contributed by atoms with Gasteiger partial charge < -0.3 is 20.1 Å². The van der Waals surface area contributed by atoms with Gasteiger partial charge in [-0.1, -0.05) is 13.3 Å². The molecule has 0 heterocycles. The molecule has 4 heteroatoms. The molecule has 18 heavy (non-hydrogen) atoms. The number of nitrogens with one attached hydrogen (secondary N) is 2. The van der Waals surface area contributed by atoms with E-state index in [0.717, 1.165) is 32.8 Å². The van der Waals surface area contributed by atoms with Crippen LogP contribution < -0.4 is 10.6 Å². The third-order valence-electron chi connectivity index (χ3n) is 2.40. The summed E-state index contributed by atoms with van der Waals surface area (Å²) in [6.45, 7) is 14.5. The molecule has 2 N–H and O–H groups in total. The SMILES string of the molecule is CCCCNCCOCCOCCNC(C)(C)C. The van der Waals surface area contributed by atoms with Crippen molar-refractivity contribution >= 4 is 0 Å². The van der Waals surface area contributed by atoms with Crippen molar-refractivity contribution < 1.29 is 9.47 Å². The van der Waals surface area contributed by atoms with Crippen LogP contribution >= 0.6 is 0 Å². The quantitative estimate of drug-likeness (QED) is 0.525. The van der Waals surface area contributed by atoms with Gasteiger partial charge in [-0.15, -0.1) is 0 Å². The van der Waals surface area contributed by atoms with Crippen LogP contribution in [0.15, 0.2) is 0 Å². The summed E-state index contributed by atoms with van der Waals surface area (Å²) in [6, 6.07) is 0. The van der Waals surface area contributed by atoms with E-state index in [4.69, 9.17) is 9.47 Å². The summed E-state index contributed by atoms with van der Waals surface area (Å²) in [4.78, 5) is 0. The van der Waals surface area contributed by atoms with E-state index in [9.17, 15) is 0 Å². The minimum atomic E-state index is 0.171. The Balaban J connectivity index is 2.99. The summed E-state index contributed by atoms with van der Waals surface area (Å²) in [5.41, 5.74) is 0.171. The van der Waals surface area contributed by atoms with Crippen molar-refractivity contribution in [2.75, 3.05) is 46.1 Å². The number of hydrogen-bond donors (Lipinski definition) is 2. The van der Waals surface area contributed by atoms with Crippen LogP contribution in [0.5, 0.6) is 0 Å². The van der Waals surface area contributed by atoms with E-state index < -0.39 is 0 Å². The van der Waals surface area contributed by atoms with Gasteiger partial charge in [-0.25, -0.2) is 0 Å². The lowest BCUT2D eigenvalue weighted by Gasteiger charge is -2.20. The average molecular weight is 260 g/mol. The molecule has 0 fully saturated rings. The smallest absolute Gasteiger partial charge is 0.0701 e. The largest absolute Gasteiger partial charge is 0.378 e. The molecule has 0 aromatic rings. The number of rotatable bonds is 12. The van der Waals surface area contributed by atoms with Crippen LogP contribution in [-0.4, -0.2) is 51.6 Å². The maximum Gasteiger partial charge on any atom is 0.0701 e. The lowest BCUT2D eigenvalue weighted by atomic mass is 10.1. The fourth-order valence-corrected chi connectivity index (χ4v) is 1.39. The molecule has 0 bridgehead atoms. The topological polar surface area (TPSA) is 42.5 Å². The fraction of sp³-hybridized carbons (Fsp3) is 1.00. The Hall–Kier alpha value is -0.160. The minimum Gasteiger partial charge on any atom is -0.378 e. The van der Waals surface area contributed by atoms with E-state index >= 15 is 0 Å². The maximum absolute atomic E-state index is 5.47. The molecule has 0 aliphatic rings. The van der Waals surface area contributed by atoms with E-state index in [2.05, 4.69) is 38.3 Å². The monoisotopic (exact) mass is 260 g/mol. The zero-order valence-corrected chi connectivity index (χ0v) is 12.7. The lowest BCUT2D eigenvalue weighted by molar-refractivity contribution is 0.0485. The Labute approximate surface area is 113 Å². The molecule has 110 valence electrons. The van der Waals surface area contributed by atoms with Gasteiger partial charge in [-0.3, -0.25) is 0 Å². The van der Waals surface area contributed by atoms with Crippen molar-refractivity contribution in [3.8, 4) is 0 Å². The Kier molecular flexibility index (Phi) is 11.8. The van der Waals surface area contributed by atoms with Crippen LogP contribution in [0.2, 0.25) is 0 Å². The van der Waals surface area contributed by atoms with Gasteiger partial charge in [0, 0.05) is 18.6 Å². The molecule has 0 saturated heterocycles. The molecule has 0 unspecified atom stereocenters. The molecule has 0 aliphatic carbocycles. The predicted molar refractivity (Wildman–Crippen MR) is 77.2 cm³/mol. The van der Waals surface area contributed by atoms with Gasteiger partial charge in [0.25, 0.3) is 0 Å². The summed E-state index contributed by atoms with van der Waals surface area (Å²) in [7, 11) is 0. The molecule has 4 nitrogen and oxygen atoms in total. The van der Waals surface area contributed by atoms with E-state index in [1.54, 1.807) is 0 Å². The second-order valence-corrected chi connectivity index (χ2v) is 5.51. The third-order valence-corrected chi connectivity index (χ3v) is 2.40. The van der Waals surface area contributed by atoms with Crippen LogP contribution in [0.4, 0.5) is 0 Å². The van der Waals surface area contributed by atoms with Crippen LogP contribution in [0.1, 0.15) is 40.5 Å². The number of ether oxygens (including phenoxy) is 2. The molecule has 0 rings (SSSR count). The first-order valence-electron chi connectivity index (χ1n) is 7.17. The summed E-state index contributed by atoms with van der Waals surface area (Å²) < 4.78 is 10.9. The standard InChI is InChI=1S/C14H32N2O2/c1-5-6-7-15-8-10-17-12-13-18-11-9-16-14(2,3)4/h15-16H,5-13H2,1-4H3. The highest BCUT2D eigenvalue weighted by Gasteiger charge is 2.06. The van der Waals surface area contributed by atoms with Crippen molar-refractivity contribution in [2.45, 2.75) is 46.1 Å². The second-order valence-electron chi connectivity index (χ2n) is 5.51. The number of unbranched alkanes of at least 4 members (excludes halogenated alkanes) is 1. The van der Waals surface area contributed by atoms with E-state index in [0.29, 0.717) is 13.2 Å². The molecule has 0 radical (unpaired) electrons. The first-order chi connectivity index (χ1) is 8.56. The van der Waals surface area contributed by atoms with E-state index in [-0.39, 0.29) is 5.54 Å². The van der Waals surface area contributed by atoms with Crippen molar-refractivity contribution in [1.82, 2.24) is 10.6 Å². The minimum absolute atomic E-state index is 0.171. The normalized spacial score (nSPS) is 12.0. The van der Waals surface area contributed by atoms with Crippen molar-refractivity contribution in [2.24, 2.45) is 0 Å². The first kappa shape index (κ1) is 17.8. The van der Waals surface area contributed by atoms with Gasteiger partial charge in [-0.2, -0.15) is 0 Å². The summed E-state index contributed by atoms with van der Waals surface area (Å²) >= 11 is 0. The summed E-state index contributed by atoms with van der Waals surface area (Å²) in [6.07, 6.45) is 2.48. The molecule has 0 atom stereocenters. The zero-order chi connectivity index (χ0) is 13.7. The zero-order valence-electron chi connectivity index (χ0n) is 12.7. The van der Waals surface area contributed by atoms with Gasteiger partial charge in [0.05, 0.1) is 26.4 Å². The molecule has 0 aromatic heterocycles.